The molecule has 0 saturated carbocycles. The summed E-state index contributed by atoms with van der Waals surface area (Å²) in [7, 11) is 1.63. The molecular formula is C7H14N6. The van der Waals surface area contributed by atoms with Gasteiger partial charge >= 0.3 is 0 Å². The summed E-state index contributed by atoms with van der Waals surface area (Å²) in [4.78, 5) is 3.77. The van der Waals surface area contributed by atoms with Gasteiger partial charge in [-0.2, -0.15) is 0 Å². The molecule has 13 heavy (non-hydrogen) atoms. The molecule has 6 heteroatoms. The van der Waals surface area contributed by atoms with Gasteiger partial charge in [-0.3, -0.25) is 4.99 Å². The molecule has 1 aromatic rings. The molecule has 0 unspecified atom stereocenters. The van der Waals surface area contributed by atoms with Crippen LogP contribution in [-0.2, 0) is 13.1 Å². The van der Waals surface area contributed by atoms with Crippen molar-refractivity contribution in [2.75, 3.05) is 7.05 Å². The van der Waals surface area contributed by atoms with Crippen LogP contribution in [0.15, 0.2) is 11.3 Å². The molecule has 0 atom stereocenters. The smallest absolute Gasteiger partial charge is 0.188 e. The Kier molecular flexibility index (Phi) is 3.24. The minimum absolute atomic E-state index is 0.408. The second kappa shape index (κ2) is 4.44. The zero-order valence-corrected chi connectivity index (χ0v) is 7.86. The van der Waals surface area contributed by atoms with Crippen LogP contribution in [0.5, 0.6) is 0 Å². The van der Waals surface area contributed by atoms with Gasteiger partial charge in [-0.15, -0.1) is 10.2 Å². The second-order valence-electron chi connectivity index (χ2n) is 2.50. The maximum absolute atomic E-state index is 5.46. The van der Waals surface area contributed by atoms with Crippen molar-refractivity contribution in [1.82, 2.24) is 20.1 Å². The van der Waals surface area contributed by atoms with Crippen molar-refractivity contribution in [3.8, 4) is 0 Å². The molecule has 0 amide bonds. The van der Waals surface area contributed by atoms with Crippen molar-refractivity contribution >= 4 is 5.96 Å². The van der Waals surface area contributed by atoms with Crippen LogP contribution >= 0.6 is 0 Å². The van der Waals surface area contributed by atoms with Crippen LogP contribution in [-0.4, -0.2) is 27.8 Å². The Balaban J connectivity index is 2.54. The number of guanidine groups is 1. The lowest BCUT2D eigenvalue weighted by molar-refractivity contribution is 0.677. The van der Waals surface area contributed by atoms with Crippen molar-refractivity contribution in [3.63, 3.8) is 0 Å². The Hall–Kier alpha value is -1.59. The first-order valence-electron chi connectivity index (χ1n) is 4.10. The minimum atomic E-state index is 0.408. The number of aryl methyl sites for hydroxylation is 1. The molecule has 0 bridgehead atoms. The van der Waals surface area contributed by atoms with E-state index in [0.717, 1.165) is 12.4 Å². The van der Waals surface area contributed by atoms with E-state index in [1.807, 2.05) is 11.5 Å². The van der Waals surface area contributed by atoms with Gasteiger partial charge in [-0.05, 0) is 6.92 Å². The van der Waals surface area contributed by atoms with Gasteiger partial charge in [0.2, 0.25) is 0 Å². The Morgan fingerprint density at radius 1 is 1.77 bits per heavy atom. The normalized spacial score (nSPS) is 11.7. The summed E-state index contributed by atoms with van der Waals surface area (Å²) in [5.41, 5.74) is 5.46. The molecule has 0 radical (unpaired) electrons. The summed E-state index contributed by atoms with van der Waals surface area (Å²) in [5, 5.41) is 10.6. The lowest BCUT2D eigenvalue weighted by Crippen LogP contribution is -2.31. The predicted octanol–water partition coefficient (Wildman–Crippen LogP) is -0.668. The average Bonchev–Trinajstić information content (AvgIpc) is 2.61. The van der Waals surface area contributed by atoms with Crippen molar-refractivity contribution in [3.05, 3.63) is 12.2 Å². The van der Waals surface area contributed by atoms with Crippen molar-refractivity contribution in [2.24, 2.45) is 10.7 Å². The molecular weight excluding hydrogens is 168 g/mol. The summed E-state index contributed by atoms with van der Waals surface area (Å²) in [6.45, 7) is 3.44. The summed E-state index contributed by atoms with van der Waals surface area (Å²) >= 11 is 0. The number of nitrogens with two attached hydrogens (primary N) is 1. The maximum atomic E-state index is 5.46. The van der Waals surface area contributed by atoms with Crippen LogP contribution in [0.4, 0.5) is 0 Å². The number of aromatic nitrogens is 3. The fraction of sp³-hybridized carbons (Fsp3) is 0.571. The van der Waals surface area contributed by atoms with Gasteiger partial charge in [0.25, 0.3) is 0 Å². The number of nitrogens with one attached hydrogen (secondary N) is 1. The van der Waals surface area contributed by atoms with Crippen LogP contribution in [0.1, 0.15) is 12.7 Å². The monoisotopic (exact) mass is 182 g/mol. The van der Waals surface area contributed by atoms with E-state index in [0.29, 0.717) is 12.5 Å². The van der Waals surface area contributed by atoms with Crippen molar-refractivity contribution in [2.45, 2.75) is 20.0 Å². The van der Waals surface area contributed by atoms with Gasteiger partial charge in [0, 0.05) is 13.6 Å². The van der Waals surface area contributed by atoms with E-state index < -0.39 is 0 Å². The predicted molar refractivity (Wildman–Crippen MR) is 50.1 cm³/mol. The fourth-order valence-electron chi connectivity index (χ4n) is 0.929. The van der Waals surface area contributed by atoms with Crippen LogP contribution in [0.3, 0.4) is 0 Å². The highest BCUT2D eigenvalue weighted by Gasteiger charge is 2.01. The van der Waals surface area contributed by atoms with E-state index in [-0.39, 0.29) is 0 Å². The SMILES string of the molecule is CCn1cnnc1CNC(N)=NC. The number of nitrogens with zero attached hydrogens (tertiary/aromatic N) is 4. The lowest BCUT2D eigenvalue weighted by atomic mass is 10.5. The molecule has 3 N–H and O–H groups in total. The van der Waals surface area contributed by atoms with E-state index in [4.69, 9.17) is 5.73 Å². The molecule has 0 aliphatic rings. The second-order valence-corrected chi connectivity index (χ2v) is 2.50. The molecule has 0 aliphatic carbocycles. The van der Waals surface area contributed by atoms with Gasteiger partial charge in [0.05, 0.1) is 6.54 Å². The molecule has 0 aromatic carbocycles. The largest absolute Gasteiger partial charge is 0.370 e. The zero-order valence-electron chi connectivity index (χ0n) is 7.86. The molecule has 0 spiro atoms. The van der Waals surface area contributed by atoms with Crippen LogP contribution in [0.2, 0.25) is 0 Å². The van der Waals surface area contributed by atoms with Gasteiger partial charge in [0.1, 0.15) is 6.33 Å². The molecule has 1 heterocycles. The number of hydrogen-bond donors (Lipinski definition) is 2. The first-order valence-corrected chi connectivity index (χ1v) is 4.10. The van der Waals surface area contributed by atoms with E-state index in [9.17, 15) is 0 Å². The summed E-state index contributed by atoms with van der Waals surface area (Å²) in [5.74, 6) is 1.26. The van der Waals surface area contributed by atoms with E-state index >= 15 is 0 Å². The third kappa shape index (κ3) is 2.43. The van der Waals surface area contributed by atoms with Gasteiger partial charge in [-0.1, -0.05) is 0 Å². The van der Waals surface area contributed by atoms with E-state index in [2.05, 4.69) is 20.5 Å². The summed E-state index contributed by atoms with van der Waals surface area (Å²) in [6, 6.07) is 0. The first kappa shape index (κ1) is 9.50. The standard InChI is InChI=1S/C7H14N6/c1-3-13-5-11-12-6(13)4-10-7(8)9-2/h5H,3-4H2,1-2H3,(H3,8,9,10). The molecule has 0 saturated heterocycles. The Labute approximate surface area is 76.9 Å². The van der Waals surface area contributed by atoms with Crippen LogP contribution in [0.25, 0.3) is 0 Å². The summed E-state index contributed by atoms with van der Waals surface area (Å²) < 4.78 is 1.94. The van der Waals surface area contributed by atoms with Gasteiger partial charge < -0.3 is 15.6 Å². The average molecular weight is 182 g/mol. The van der Waals surface area contributed by atoms with Gasteiger partial charge in [0.15, 0.2) is 11.8 Å². The van der Waals surface area contributed by atoms with E-state index in [1.165, 1.54) is 0 Å². The molecule has 1 rings (SSSR count). The highest BCUT2D eigenvalue weighted by atomic mass is 15.3. The van der Waals surface area contributed by atoms with Gasteiger partial charge in [-0.25, -0.2) is 0 Å². The topological polar surface area (TPSA) is 81.1 Å². The molecule has 1 aromatic heterocycles. The van der Waals surface area contributed by atoms with Crippen LogP contribution in [0, 0.1) is 0 Å². The maximum Gasteiger partial charge on any atom is 0.188 e. The number of aliphatic imine (C=N–C) groups is 1. The van der Waals surface area contributed by atoms with E-state index in [1.54, 1.807) is 13.4 Å². The fourth-order valence-corrected chi connectivity index (χ4v) is 0.929. The zero-order chi connectivity index (χ0) is 9.68. The third-order valence-corrected chi connectivity index (χ3v) is 1.70. The Morgan fingerprint density at radius 3 is 3.15 bits per heavy atom. The molecule has 0 fully saturated rings. The summed E-state index contributed by atoms with van der Waals surface area (Å²) in [6.07, 6.45) is 1.69. The first-order chi connectivity index (χ1) is 6.27. The Morgan fingerprint density at radius 2 is 2.54 bits per heavy atom. The number of rotatable bonds is 3. The lowest BCUT2D eigenvalue weighted by Gasteiger charge is -2.04. The molecule has 6 nitrogen and oxygen atoms in total. The van der Waals surface area contributed by atoms with Crippen LogP contribution < -0.4 is 11.1 Å². The van der Waals surface area contributed by atoms with Crippen molar-refractivity contribution in [1.29, 1.82) is 0 Å². The number of hydrogen-bond acceptors (Lipinski definition) is 3. The molecule has 0 aliphatic heterocycles. The Bertz CT molecular complexity index is 289. The third-order valence-electron chi connectivity index (χ3n) is 1.70. The highest BCUT2D eigenvalue weighted by Crippen LogP contribution is 1.93. The minimum Gasteiger partial charge on any atom is -0.370 e. The highest BCUT2D eigenvalue weighted by molar-refractivity contribution is 5.77. The quantitative estimate of drug-likeness (QED) is 0.480. The molecule has 72 valence electrons. The van der Waals surface area contributed by atoms with Crippen molar-refractivity contribution < 1.29 is 0 Å².